The van der Waals surface area contributed by atoms with Gasteiger partial charge in [-0.15, -0.1) is 0 Å². The Kier molecular flexibility index (Phi) is 6.33. The molecule has 1 atom stereocenters. The molecule has 0 bridgehead atoms. The first kappa shape index (κ1) is 21.4. The highest BCUT2D eigenvalue weighted by Crippen LogP contribution is 2.37. The summed E-state index contributed by atoms with van der Waals surface area (Å²) >= 11 is 6.15. The third kappa shape index (κ3) is 4.33. The summed E-state index contributed by atoms with van der Waals surface area (Å²) in [6, 6.07) is 14.3. The molecule has 0 spiro atoms. The highest BCUT2D eigenvalue weighted by molar-refractivity contribution is 6.45. The van der Waals surface area contributed by atoms with Crippen molar-refractivity contribution in [1.29, 1.82) is 0 Å². The molecule has 1 fully saturated rings. The van der Waals surface area contributed by atoms with Crippen LogP contribution in [0.4, 0.5) is 5.69 Å². The number of hydrogen-bond acceptors (Lipinski definition) is 4. The first-order chi connectivity index (χ1) is 15.0. The molecule has 4 rings (SSSR count). The number of hydrogen-bond donors (Lipinski definition) is 0. The lowest BCUT2D eigenvalue weighted by Crippen LogP contribution is -2.39. The maximum atomic E-state index is 13.6. The summed E-state index contributed by atoms with van der Waals surface area (Å²) in [5, 5.41) is 0.483. The number of imide groups is 1. The van der Waals surface area contributed by atoms with Crippen molar-refractivity contribution in [3.63, 3.8) is 0 Å². The molecule has 2 aliphatic rings. The molecule has 0 radical (unpaired) electrons. The molecule has 6 heteroatoms. The van der Waals surface area contributed by atoms with Crippen LogP contribution in [-0.2, 0) is 9.59 Å². The number of likely N-dealkylation sites (tertiary alicyclic amines) is 1. The lowest BCUT2D eigenvalue weighted by Gasteiger charge is -2.33. The Morgan fingerprint density at radius 1 is 1.10 bits per heavy atom. The number of piperidine rings is 1. The summed E-state index contributed by atoms with van der Waals surface area (Å²) in [6.07, 6.45) is 3.05. The molecule has 2 aliphatic heterocycles. The molecule has 2 aromatic rings. The molecule has 2 heterocycles. The molecule has 0 saturated carbocycles. The van der Waals surface area contributed by atoms with Crippen molar-refractivity contribution in [2.75, 3.05) is 24.6 Å². The van der Waals surface area contributed by atoms with Crippen LogP contribution in [-0.4, -0.2) is 36.4 Å². The van der Waals surface area contributed by atoms with Gasteiger partial charge in [0.2, 0.25) is 0 Å². The van der Waals surface area contributed by atoms with E-state index in [0.29, 0.717) is 34.5 Å². The van der Waals surface area contributed by atoms with Crippen LogP contribution in [0.5, 0.6) is 5.75 Å². The zero-order valence-corrected chi connectivity index (χ0v) is 18.7. The maximum absolute atomic E-state index is 13.6. The molecule has 2 amide bonds. The van der Waals surface area contributed by atoms with Crippen LogP contribution in [0.2, 0.25) is 5.02 Å². The summed E-state index contributed by atoms with van der Waals surface area (Å²) < 4.78 is 5.68. The second kappa shape index (κ2) is 9.15. The topological polar surface area (TPSA) is 49.9 Å². The largest absolute Gasteiger partial charge is 0.494 e. The quantitative estimate of drug-likeness (QED) is 0.585. The SMILES string of the molecule is CCCOc1ccc(C2=C(N3CCCC(C)C3)C(=O)N(c3cccc(Cl)c3)C2=O)cc1. The third-order valence-electron chi connectivity index (χ3n) is 5.71. The zero-order valence-electron chi connectivity index (χ0n) is 17.9. The van der Waals surface area contributed by atoms with Crippen molar-refractivity contribution >= 4 is 34.7 Å². The fourth-order valence-corrected chi connectivity index (χ4v) is 4.44. The van der Waals surface area contributed by atoms with E-state index in [9.17, 15) is 9.59 Å². The molecule has 162 valence electrons. The van der Waals surface area contributed by atoms with Gasteiger partial charge < -0.3 is 9.64 Å². The van der Waals surface area contributed by atoms with E-state index >= 15 is 0 Å². The van der Waals surface area contributed by atoms with E-state index in [1.807, 2.05) is 24.3 Å². The molecule has 1 unspecified atom stereocenters. The predicted molar refractivity (Wildman–Crippen MR) is 123 cm³/mol. The molecular weight excluding hydrogens is 412 g/mol. The fourth-order valence-electron chi connectivity index (χ4n) is 4.25. The highest BCUT2D eigenvalue weighted by atomic mass is 35.5. The number of rotatable bonds is 6. The maximum Gasteiger partial charge on any atom is 0.282 e. The normalized spacial score (nSPS) is 19.4. The smallest absolute Gasteiger partial charge is 0.282 e. The van der Waals surface area contributed by atoms with Gasteiger partial charge in [-0.05, 0) is 61.1 Å². The van der Waals surface area contributed by atoms with E-state index < -0.39 is 0 Å². The molecule has 31 heavy (non-hydrogen) atoms. The van der Waals surface area contributed by atoms with Crippen LogP contribution >= 0.6 is 11.6 Å². The van der Waals surface area contributed by atoms with Crippen LogP contribution < -0.4 is 9.64 Å². The van der Waals surface area contributed by atoms with Crippen molar-refractivity contribution < 1.29 is 14.3 Å². The summed E-state index contributed by atoms with van der Waals surface area (Å²) in [7, 11) is 0. The van der Waals surface area contributed by atoms with Gasteiger partial charge in [0, 0.05) is 18.1 Å². The molecule has 2 aromatic carbocycles. The van der Waals surface area contributed by atoms with Crippen LogP contribution in [0.15, 0.2) is 54.2 Å². The number of carbonyl (C=O) groups excluding carboxylic acids is 2. The van der Waals surface area contributed by atoms with Crippen molar-refractivity contribution in [2.24, 2.45) is 5.92 Å². The number of amides is 2. The molecule has 0 N–H and O–H groups in total. The van der Waals surface area contributed by atoms with E-state index in [2.05, 4.69) is 18.7 Å². The van der Waals surface area contributed by atoms with Gasteiger partial charge in [0.1, 0.15) is 11.4 Å². The molecule has 0 aliphatic carbocycles. The summed E-state index contributed by atoms with van der Waals surface area (Å²) in [6.45, 7) is 6.40. The number of nitrogens with zero attached hydrogens (tertiary/aromatic N) is 2. The molecule has 5 nitrogen and oxygen atoms in total. The minimum absolute atomic E-state index is 0.289. The summed E-state index contributed by atoms with van der Waals surface area (Å²) in [5.41, 5.74) is 2.14. The second-order valence-electron chi connectivity index (χ2n) is 8.22. The summed E-state index contributed by atoms with van der Waals surface area (Å²) in [4.78, 5) is 30.5. The van der Waals surface area contributed by atoms with Crippen molar-refractivity contribution in [2.45, 2.75) is 33.1 Å². The van der Waals surface area contributed by atoms with Gasteiger partial charge in [-0.1, -0.05) is 43.6 Å². The Hall–Kier alpha value is -2.79. The van der Waals surface area contributed by atoms with Crippen LogP contribution in [0.3, 0.4) is 0 Å². The van der Waals surface area contributed by atoms with Gasteiger partial charge in [0.15, 0.2) is 0 Å². The predicted octanol–water partition coefficient (Wildman–Crippen LogP) is 5.15. The van der Waals surface area contributed by atoms with Crippen LogP contribution in [0, 0.1) is 5.92 Å². The van der Waals surface area contributed by atoms with E-state index in [1.165, 1.54) is 4.90 Å². The highest BCUT2D eigenvalue weighted by Gasteiger charge is 2.43. The Morgan fingerprint density at radius 2 is 1.87 bits per heavy atom. The average Bonchev–Trinajstić information content (AvgIpc) is 3.02. The van der Waals surface area contributed by atoms with Crippen molar-refractivity contribution in [3.8, 4) is 5.75 Å². The van der Waals surface area contributed by atoms with Crippen LogP contribution in [0.1, 0.15) is 38.7 Å². The number of anilines is 1. The Bertz CT molecular complexity index is 1020. The number of benzene rings is 2. The van der Waals surface area contributed by atoms with Crippen molar-refractivity contribution in [1.82, 2.24) is 4.90 Å². The fraction of sp³-hybridized carbons (Fsp3) is 0.360. The minimum atomic E-state index is -0.317. The molecule has 0 aromatic heterocycles. The molecular formula is C25H27ClN2O3. The van der Waals surface area contributed by atoms with Gasteiger partial charge in [-0.25, -0.2) is 4.90 Å². The molecule has 1 saturated heterocycles. The Morgan fingerprint density at radius 3 is 2.55 bits per heavy atom. The second-order valence-corrected chi connectivity index (χ2v) is 8.65. The van der Waals surface area contributed by atoms with Crippen LogP contribution in [0.25, 0.3) is 5.57 Å². The minimum Gasteiger partial charge on any atom is -0.494 e. The Balaban J connectivity index is 1.76. The number of halogens is 1. The standard InChI is InChI=1S/C25H27ClN2O3/c1-3-14-31-21-11-9-18(10-12-21)22-23(27-13-5-6-17(2)16-27)25(30)28(24(22)29)20-8-4-7-19(26)15-20/h4,7-12,15,17H,3,5-6,13-14,16H2,1-2H3. The van der Waals surface area contributed by atoms with E-state index in [1.54, 1.807) is 24.3 Å². The first-order valence-electron chi connectivity index (χ1n) is 10.9. The van der Waals surface area contributed by atoms with Crippen molar-refractivity contribution in [3.05, 3.63) is 64.8 Å². The number of carbonyl (C=O) groups is 2. The zero-order chi connectivity index (χ0) is 22.0. The van der Waals surface area contributed by atoms with Gasteiger partial charge in [0.05, 0.1) is 17.9 Å². The van der Waals surface area contributed by atoms with E-state index in [-0.39, 0.29) is 11.8 Å². The van der Waals surface area contributed by atoms with E-state index in [4.69, 9.17) is 16.3 Å². The van der Waals surface area contributed by atoms with E-state index in [0.717, 1.165) is 43.7 Å². The lowest BCUT2D eigenvalue weighted by atomic mass is 9.97. The van der Waals surface area contributed by atoms with Gasteiger partial charge in [-0.3, -0.25) is 9.59 Å². The van der Waals surface area contributed by atoms with Gasteiger partial charge in [-0.2, -0.15) is 0 Å². The Labute approximate surface area is 188 Å². The summed E-state index contributed by atoms with van der Waals surface area (Å²) in [5.74, 6) is 0.614. The first-order valence-corrected chi connectivity index (χ1v) is 11.2. The van der Waals surface area contributed by atoms with Gasteiger partial charge >= 0.3 is 0 Å². The monoisotopic (exact) mass is 438 g/mol. The number of ether oxygens (including phenoxy) is 1. The lowest BCUT2D eigenvalue weighted by molar-refractivity contribution is -0.120. The third-order valence-corrected chi connectivity index (χ3v) is 5.95. The average molecular weight is 439 g/mol. The van der Waals surface area contributed by atoms with Gasteiger partial charge in [0.25, 0.3) is 11.8 Å².